The van der Waals surface area contributed by atoms with Gasteiger partial charge in [0, 0.05) is 37.6 Å². The first-order valence-corrected chi connectivity index (χ1v) is 5.84. The summed E-state index contributed by atoms with van der Waals surface area (Å²) in [4.78, 5) is 15.7. The molecule has 1 fully saturated rings. The van der Waals surface area contributed by atoms with Crippen LogP contribution in [0.1, 0.15) is 12.5 Å². The highest BCUT2D eigenvalue weighted by Crippen LogP contribution is 2.08. The van der Waals surface area contributed by atoms with Crippen molar-refractivity contribution in [1.82, 2.24) is 15.6 Å². The van der Waals surface area contributed by atoms with E-state index in [-0.39, 0.29) is 5.91 Å². The van der Waals surface area contributed by atoms with E-state index in [4.69, 9.17) is 0 Å². The number of nitrogens with zero attached hydrogens (tertiary/aromatic N) is 1. The molecule has 1 aromatic heterocycles. The van der Waals surface area contributed by atoms with Gasteiger partial charge in [-0.3, -0.25) is 9.78 Å². The highest BCUT2D eigenvalue weighted by molar-refractivity contribution is 5.93. The van der Waals surface area contributed by atoms with Crippen LogP contribution in [0.5, 0.6) is 0 Å². The van der Waals surface area contributed by atoms with Gasteiger partial charge in [-0.15, -0.1) is 0 Å². The highest BCUT2D eigenvalue weighted by atomic mass is 16.1. The first-order valence-electron chi connectivity index (χ1n) is 5.84. The predicted octanol–water partition coefficient (Wildman–Crippen LogP) is 0.660. The predicted molar refractivity (Wildman–Crippen MR) is 66.5 cm³/mol. The average molecular weight is 231 g/mol. The van der Waals surface area contributed by atoms with Gasteiger partial charge >= 0.3 is 0 Å². The van der Waals surface area contributed by atoms with Gasteiger partial charge in [0.05, 0.1) is 0 Å². The molecule has 1 saturated heterocycles. The molecule has 0 radical (unpaired) electrons. The Morgan fingerprint density at radius 1 is 1.41 bits per heavy atom. The van der Waals surface area contributed by atoms with Crippen LogP contribution in [0.25, 0.3) is 0 Å². The molecule has 2 rings (SSSR count). The average Bonchev–Trinajstić information content (AvgIpc) is 2.28. The lowest BCUT2D eigenvalue weighted by Gasteiger charge is -2.21. The van der Waals surface area contributed by atoms with E-state index < -0.39 is 0 Å². The molecule has 17 heavy (non-hydrogen) atoms. The van der Waals surface area contributed by atoms with Gasteiger partial charge in [0.2, 0.25) is 5.91 Å². The van der Waals surface area contributed by atoms with Gasteiger partial charge in [-0.2, -0.15) is 0 Å². The lowest BCUT2D eigenvalue weighted by Crippen LogP contribution is -2.38. The van der Waals surface area contributed by atoms with E-state index in [1.807, 2.05) is 19.1 Å². The van der Waals surface area contributed by atoms with Gasteiger partial charge < -0.3 is 10.6 Å². The molecule has 1 aliphatic heterocycles. The lowest BCUT2D eigenvalue weighted by molar-refractivity contribution is -0.117. The molecular weight excluding hydrogens is 214 g/mol. The van der Waals surface area contributed by atoms with Crippen LogP contribution in [0.3, 0.4) is 0 Å². The first-order chi connectivity index (χ1) is 8.27. The Morgan fingerprint density at radius 3 is 2.71 bits per heavy atom. The van der Waals surface area contributed by atoms with Gasteiger partial charge in [-0.1, -0.05) is 0 Å². The number of nitrogens with one attached hydrogen (secondary N) is 2. The zero-order valence-corrected chi connectivity index (χ0v) is 9.99. The van der Waals surface area contributed by atoms with Crippen LogP contribution >= 0.6 is 0 Å². The summed E-state index contributed by atoms with van der Waals surface area (Å²) in [5.74, 6) is 0.0514. The Bertz CT molecular complexity index is 420. The van der Waals surface area contributed by atoms with E-state index in [1.54, 1.807) is 12.4 Å². The van der Waals surface area contributed by atoms with Gasteiger partial charge in [0.1, 0.15) is 0 Å². The fraction of sp³-hybridized carbons (Fsp3) is 0.385. The molecular formula is C13H17N3O. The van der Waals surface area contributed by atoms with E-state index in [2.05, 4.69) is 15.6 Å². The molecule has 0 saturated carbocycles. The maximum absolute atomic E-state index is 11.8. The number of carbonyl (C=O) groups is 1. The zero-order valence-electron chi connectivity index (χ0n) is 9.99. The second-order valence-electron chi connectivity index (χ2n) is 4.19. The van der Waals surface area contributed by atoms with Crippen molar-refractivity contribution >= 4 is 5.91 Å². The van der Waals surface area contributed by atoms with Crippen LogP contribution in [0.2, 0.25) is 0 Å². The third-order valence-electron chi connectivity index (χ3n) is 3.00. The maximum atomic E-state index is 11.8. The van der Waals surface area contributed by atoms with Crippen LogP contribution in [0.15, 0.2) is 35.7 Å². The van der Waals surface area contributed by atoms with E-state index in [0.717, 1.165) is 25.1 Å². The first kappa shape index (κ1) is 11.8. The smallest absolute Gasteiger partial charge is 0.246 e. The normalized spacial score (nSPS) is 14.1. The molecule has 2 N–H and O–H groups in total. The summed E-state index contributed by atoms with van der Waals surface area (Å²) in [7, 11) is 0. The summed E-state index contributed by atoms with van der Waals surface area (Å²) in [6, 6.07) is 3.93. The molecule has 90 valence electrons. The Hall–Kier alpha value is -1.68. The third kappa shape index (κ3) is 3.14. The zero-order chi connectivity index (χ0) is 12.1. The Balaban J connectivity index is 1.77. The van der Waals surface area contributed by atoms with Crippen molar-refractivity contribution in [3.05, 3.63) is 41.2 Å². The number of hydrogen-bond acceptors (Lipinski definition) is 3. The summed E-state index contributed by atoms with van der Waals surface area (Å²) >= 11 is 0. The van der Waals surface area contributed by atoms with E-state index in [1.165, 1.54) is 11.1 Å². The van der Waals surface area contributed by atoms with Crippen LogP contribution in [0, 0.1) is 0 Å². The van der Waals surface area contributed by atoms with E-state index in [9.17, 15) is 4.79 Å². The summed E-state index contributed by atoms with van der Waals surface area (Å²) in [5.41, 5.74) is 3.26. The second kappa shape index (κ2) is 5.59. The summed E-state index contributed by atoms with van der Waals surface area (Å²) in [6.07, 6.45) is 4.38. The molecule has 0 spiro atoms. The number of rotatable bonds is 4. The highest BCUT2D eigenvalue weighted by Gasteiger charge is 2.15. The van der Waals surface area contributed by atoms with Crippen molar-refractivity contribution < 1.29 is 4.79 Å². The molecule has 4 heteroatoms. The molecule has 4 nitrogen and oxygen atoms in total. The standard InChI is InChI=1S/C13H17N3O/c1-10(12-8-15-9-12)13(17)16-7-4-11-2-5-14-6-3-11/h2-3,5-6,15H,4,7-9H2,1H3,(H,16,17). The van der Waals surface area contributed by atoms with Gasteiger partial charge in [-0.05, 0) is 36.6 Å². The molecule has 2 heterocycles. The minimum Gasteiger partial charge on any atom is -0.352 e. The van der Waals surface area contributed by atoms with E-state index >= 15 is 0 Å². The third-order valence-corrected chi connectivity index (χ3v) is 3.00. The van der Waals surface area contributed by atoms with Crippen LogP contribution in [-0.4, -0.2) is 30.5 Å². The molecule has 0 aromatic carbocycles. The van der Waals surface area contributed by atoms with Crippen molar-refractivity contribution in [3.8, 4) is 0 Å². The summed E-state index contributed by atoms with van der Waals surface area (Å²) in [5, 5.41) is 6.07. The van der Waals surface area contributed by atoms with Crippen LogP contribution < -0.4 is 10.6 Å². The molecule has 0 unspecified atom stereocenters. The lowest BCUT2D eigenvalue weighted by atomic mass is 10.0. The topological polar surface area (TPSA) is 54.0 Å². The molecule has 1 aromatic rings. The summed E-state index contributed by atoms with van der Waals surface area (Å²) in [6.45, 7) is 4.26. The minimum atomic E-state index is 0.0514. The number of carbonyl (C=O) groups excluding carboxylic acids is 1. The monoisotopic (exact) mass is 231 g/mol. The minimum absolute atomic E-state index is 0.0514. The fourth-order valence-corrected chi connectivity index (χ4v) is 1.68. The maximum Gasteiger partial charge on any atom is 0.246 e. The quantitative estimate of drug-likeness (QED) is 0.748. The molecule has 1 aliphatic rings. The Labute approximate surface area is 101 Å². The van der Waals surface area contributed by atoms with Crippen molar-refractivity contribution in [2.45, 2.75) is 13.3 Å². The molecule has 0 aliphatic carbocycles. The number of hydrogen-bond donors (Lipinski definition) is 2. The molecule has 0 atom stereocenters. The van der Waals surface area contributed by atoms with Crippen molar-refractivity contribution in [2.24, 2.45) is 0 Å². The van der Waals surface area contributed by atoms with Crippen molar-refractivity contribution in [3.63, 3.8) is 0 Å². The number of pyridine rings is 1. The van der Waals surface area contributed by atoms with Crippen LogP contribution in [0.4, 0.5) is 0 Å². The number of aromatic nitrogens is 1. The van der Waals surface area contributed by atoms with Gasteiger partial charge in [0.25, 0.3) is 0 Å². The van der Waals surface area contributed by atoms with Crippen LogP contribution in [-0.2, 0) is 11.2 Å². The Morgan fingerprint density at radius 2 is 2.12 bits per heavy atom. The van der Waals surface area contributed by atoms with Crippen molar-refractivity contribution in [1.29, 1.82) is 0 Å². The summed E-state index contributed by atoms with van der Waals surface area (Å²) < 4.78 is 0. The number of amides is 1. The van der Waals surface area contributed by atoms with Gasteiger partial charge in [-0.25, -0.2) is 0 Å². The SMILES string of the molecule is CC(C(=O)NCCc1ccncc1)=C1CNC1. The fourth-order valence-electron chi connectivity index (χ4n) is 1.68. The van der Waals surface area contributed by atoms with Crippen molar-refractivity contribution in [2.75, 3.05) is 19.6 Å². The molecule has 1 amide bonds. The second-order valence-corrected chi connectivity index (χ2v) is 4.19. The molecule has 0 bridgehead atoms. The van der Waals surface area contributed by atoms with Gasteiger partial charge in [0.15, 0.2) is 0 Å². The van der Waals surface area contributed by atoms with E-state index in [0.29, 0.717) is 6.54 Å². The largest absolute Gasteiger partial charge is 0.352 e. The Kier molecular flexibility index (Phi) is 3.88.